The first-order chi connectivity index (χ1) is 9.25. The van der Waals surface area contributed by atoms with E-state index in [1.807, 2.05) is 18.2 Å². The maximum atomic E-state index is 5.99. The first kappa shape index (κ1) is 16.7. The average Bonchev–Trinajstić information content (AvgIpc) is 2.41. The zero-order valence-corrected chi connectivity index (χ0v) is 13.3. The van der Waals surface area contributed by atoms with Gasteiger partial charge < -0.3 is 19.5 Å². The highest BCUT2D eigenvalue weighted by Gasteiger charge is 2.02. The standard InChI is InChI=1S/C13H19BrClNO3/c1-17-7-8-19-10-9-18-6-5-16-12-4-2-3-11(15)13(12)14/h2-4,16H,5-10H2,1H3. The summed E-state index contributed by atoms with van der Waals surface area (Å²) in [5, 5.41) is 3.94. The van der Waals surface area contributed by atoms with E-state index in [1.165, 1.54) is 0 Å². The average molecular weight is 353 g/mol. The van der Waals surface area contributed by atoms with Crippen LogP contribution in [0.15, 0.2) is 22.7 Å². The molecule has 108 valence electrons. The number of ether oxygens (including phenoxy) is 3. The predicted octanol–water partition coefficient (Wildman–Crippen LogP) is 3.19. The van der Waals surface area contributed by atoms with E-state index < -0.39 is 0 Å². The summed E-state index contributed by atoms with van der Waals surface area (Å²) in [6, 6.07) is 5.70. The lowest BCUT2D eigenvalue weighted by Crippen LogP contribution is -2.13. The van der Waals surface area contributed by atoms with Crippen LogP contribution in [0.1, 0.15) is 0 Å². The summed E-state index contributed by atoms with van der Waals surface area (Å²) < 4.78 is 16.4. The zero-order valence-electron chi connectivity index (χ0n) is 11.0. The van der Waals surface area contributed by atoms with Gasteiger partial charge in [0.2, 0.25) is 0 Å². The third kappa shape index (κ3) is 7.13. The van der Waals surface area contributed by atoms with Crippen molar-refractivity contribution in [3.8, 4) is 0 Å². The Bertz CT molecular complexity index is 366. The molecular weight excluding hydrogens is 334 g/mol. The Morgan fingerprint density at radius 1 is 1.11 bits per heavy atom. The van der Waals surface area contributed by atoms with Gasteiger partial charge in [-0.2, -0.15) is 0 Å². The quantitative estimate of drug-likeness (QED) is 0.657. The third-order valence-electron chi connectivity index (χ3n) is 2.32. The van der Waals surface area contributed by atoms with Gasteiger partial charge in [-0.1, -0.05) is 17.7 Å². The molecule has 0 bridgehead atoms. The summed E-state index contributed by atoms with van der Waals surface area (Å²) in [6.45, 7) is 3.73. The molecule has 0 amide bonds. The molecule has 19 heavy (non-hydrogen) atoms. The Morgan fingerprint density at radius 2 is 1.79 bits per heavy atom. The lowest BCUT2D eigenvalue weighted by atomic mass is 10.3. The second kappa shape index (κ2) is 10.5. The van der Waals surface area contributed by atoms with E-state index >= 15 is 0 Å². The van der Waals surface area contributed by atoms with E-state index in [1.54, 1.807) is 7.11 Å². The number of halogens is 2. The fourth-order valence-electron chi connectivity index (χ4n) is 1.36. The van der Waals surface area contributed by atoms with Crippen molar-refractivity contribution in [1.29, 1.82) is 0 Å². The Morgan fingerprint density at radius 3 is 2.53 bits per heavy atom. The Kier molecular flexibility index (Phi) is 9.20. The number of rotatable bonds is 10. The van der Waals surface area contributed by atoms with Crippen molar-refractivity contribution in [3.05, 3.63) is 27.7 Å². The van der Waals surface area contributed by atoms with Crippen LogP contribution in [0.3, 0.4) is 0 Å². The zero-order chi connectivity index (χ0) is 13.9. The minimum atomic E-state index is 0.585. The van der Waals surface area contributed by atoms with Crippen molar-refractivity contribution in [2.24, 2.45) is 0 Å². The van der Waals surface area contributed by atoms with Gasteiger partial charge in [0.1, 0.15) is 0 Å². The monoisotopic (exact) mass is 351 g/mol. The van der Waals surface area contributed by atoms with E-state index in [4.69, 9.17) is 25.8 Å². The number of nitrogens with one attached hydrogen (secondary N) is 1. The van der Waals surface area contributed by atoms with Crippen LogP contribution < -0.4 is 5.32 Å². The van der Waals surface area contributed by atoms with Crippen LogP contribution in [0, 0.1) is 0 Å². The molecular formula is C13H19BrClNO3. The predicted molar refractivity (Wildman–Crippen MR) is 81.2 cm³/mol. The molecule has 0 unspecified atom stereocenters. The minimum Gasteiger partial charge on any atom is -0.382 e. The molecule has 0 heterocycles. The molecule has 0 saturated carbocycles. The summed E-state index contributed by atoms with van der Waals surface area (Å²) >= 11 is 9.42. The number of hydrogen-bond donors (Lipinski definition) is 1. The Labute approximate surface area is 127 Å². The van der Waals surface area contributed by atoms with E-state index in [2.05, 4.69) is 21.2 Å². The van der Waals surface area contributed by atoms with Crippen LogP contribution in [0.5, 0.6) is 0 Å². The highest BCUT2D eigenvalue weighted by molar-refractivity contribution is 9.10. The van der Waals surface area contributed by atoms with Crippen LogP contribution in [0.2, 0.25) is 5.02 Å². The molecule has 0 aromatic heterocycles. The Hall–Kier alpha value is -0.330. The van der Waals surface area contributed by atoms with E-state index in [9.17, 15) is 0 Å². The van der Waals surface area contributed by atoms with Crippen molar-refractivity contribution in [3.63, 3.8) is 0 Å². The third-order valence-corrected chi connectivity index (χ3v) is 3.71. The van der Waals surface area contributed by atoms with Gasteiger partial charge >= 0.3 is 0 Å². The lowest BCUT2D eigenvalue weighted by molar-refractivity contribution is 0.0272. The fraction of sp³-hybridized carbons (Fsp3) is 0.538. The maximum absolute atomic E-state index is 5.99. The van der Waals surface area contributed by atoms with Gasteiger partial charge in [-0.15, -0.1) is 0 Å². The van der Waals surface area contributed by atoms with Crippen LogP contribution in [-0.4, -0.2) is 46.7 Å². The minimum absolute atomic E-state index is 0.585. The smallest absolute Gasteiger partial charge is 0.0701 e. The maximum Gasteiger partial charge on any atom is 0.0701 e. The van der Waals surface area contributed by atoms with Gasteiger partial charge in [0, 0.05) is 13.7 Å². The molecule has 0 atom stereocenters. The van der Waals surface area contributed by atoms with Gasteiger partial charge in [-0.25, -0.2) is 0 Å². The summed E-state index contributed by atoms with van der Waals surface area (Å²) in [7, 11) is 1.65. The van der Waals surface area contributed by atoms with Crippen molar-refractivity contribution < 1.29 is 14.2 Å². The molecule has 1 aromatic rings. The first-order valence-corrected chi connectivity index (χ1v) is 7.25. The fourth-order valence-corrected chi connectivity index (χ4v) is 1.94. The summed E-state index contributed by atoms with van der Waals surface area (Å²) in [5.41, 5.74) is 0.965. The van der Waals surface area contributed by atoms with E-state index in [-0.39, 0.29) is 0 Å². The van der Waals surface area contributed by atoms with Gasteiger partial charge in [0.05, 0.1) is 48.2 Å². The van der Waals surface area contributed by atoms with Gasteiger partial charge in [0.25, 0.3) is 0 Å². The van der Waals surface area contributed by atoms with Crippen molar-refractivity contribution in [2.45, 2.75) is 0 Å². The number of benzene rings is 1. The molecule has 1 aromatic carbocycles. The molecule has 0 radical (unpaired) electrons. The molecule has 0 saturated heterocycles. The first-order valence-electron chi connectivity index (χ1n) is 6.08. The second-order valence-electron chi connectivity index (χ2n) is 3.75. The van der Waals surface area contributed by atoms with Crippen molar-refractivity contribution in [2.75, 3.05) is 52.0 Å². The molecule has 0 aliphatic rings. The number of methoxy groups -OCH3 is 1. The summed E-state index contributed by atoms with van der Waals surface area (Å²) in [6.07, 6.45) is 0. The molecule has 0 spiro atoms. The Balaban J connectivity index is 2.03. The SMILES string of the molecule is COCCOCCOCCNc1cccc(Cl)c1Br. The summed E-state index contributed by atoms with van der Waals surface area (Å²) in [5.74, 6) is 0. The molecule has 1 N–H and O–H groups in total. The molecule has 0 aliphatic carbocycles. The molecule has 1 rings (SSSR count). The topological polar surface area (TPSA) is 39.7 Å². The molecule has 6 heteroatoms. The largest absolute Gasteiger partial charge is 0.382 e. The molecule has 0 aliphatic heterocycles. The van der Waals surface area contributed by atoms with E-state index in [0.29, 0.717) is 38.1 Å². The second-order valence-corrected chi connectivity index (χ2v) is 4.95. The van der Waals surface area contributed by atoms with Crippen LogP contribution in [0.4, 0.5) is 5.69 Å². The highest BCUT2D eigenvalue weighted by Crippen LogP contribution is 2.29. The number of hydrogen-bond acceptors (Lipinski definition) is 4. The lowest BCUT2D eigenvalue weighted by Gasteiger charge is -2.10. The van der Waals surface area contributed by atoms with Gasteiger partial charge in [-0.05, 0) is 28.1 Å². The van der Waals surface area contributed by atoms with Gasteiger partial charge in [0.15, 0.2) is 0 Å². The summed E-state index contributed by atoms with van der Waals surface area (Å²) in [4.78, 5) is 0. The van der Waals surface area contributed by atoms with Crippen molar-refractivity contribution in [1.82, 2.24) is 0 Å². The molecule has 0 fully saturated rings. The van der Waals surface area contributed by atoms with Crippen molar-refractivity contribution >= 4 is 33.2 Å². The van der Waals surface area contributed by atoms with Gasteiger partial charge in [-0.3, -0.25) is 0 Å². The van der Waals surface area contributed by atoms with E-state index in [0.717, 1.165) is 16.7 Å². The normalized spacial score (nSPS) is 10.7. The van der Waals surface area contributed by atoms with Crippen LogP contribution in [-0.2, 0) is 14.2 Å². The highest BCUT2D eigenvalue weighted by atomic mass is 79.9. The number of anilines is 1. The van der Waals surface area contributed by atoms with Crippen LogP contribution in [0.25, 0.3) is 0 Å². The molecule has 4 nitrogen and oxygen atoms in total. The van der Waals surface area contributed by atoms with Crippen LogP contribution >= 0.6 is 27.5 Å².